The molecule has 0 radical (unpaired) electrons. The monoisotopic (exact) mass is 208 g/mol. The van der Waals surface area contributed by atoms with E-state index in [-0.39, 0.29) is 0 Å². The molecule has 0 aromatic rings. The molecule has 0 aliphatic heterocycles. The zero-order chi connectivity index (χ0) is 9.12. The Kier molecular flexibility index (Phi) is 3.83. The second kappa shape index (κ2) is 3.75. The summed E-state index contributed by atoms with van der Waals surface area (Å²) in [6, 6.07) is 0. The van der Waals surface area contributed by atoms with Crippen LogP contribution in [0, 0.1) is 0 Å². The van der Waals surface area contributed by atoms with Gasteiger partial charge in [-0.3, -0.25) is 4.52 Å². The maximum atomic E-state index is 10.3. The van der Waals surface area contributed by atoms with Gasteiger partial charge in [0.15, 0.2) is 0 Å². The molecule has 0 amide bonds. The predicted octanol–water partition coefficient (Wildman–Crippen LogP) is 0.340. The van der Waals surface area contributed by atoms with Gasteiger partial charge < -0.3 is 9.79 Å². The Hall–Kier alpha value is 0.220. The minimum atomic E-state index is -4.89. The van der Waals surface area contributed by atoms with Gasteiger partial charge in [0.2, 0.25) is 0 Å². The first-order valence-corrected chi connectivity index (χ1v) is 5.08. The molecule has 0 fully saturated rings. The SMILES string of the molecule is COP(=O)(O)OP(=O)(O)OO. The minimum Gasteiger partial charge on any atom is -0.302 e. The van der Waals surface area contributed by atoms with Crippen molar-refractivity contribution in [1.29, 1.82) is 0 Å². The van der Waals surface area contributed by atoms with Gasteiger partial charge in [0.05, 0.1) is 0 Å². The second-order valence-electron chi connectivity index (χ2n) is 1.28. The first kappa shape index (κ1) is 11.2. The molecule has 0 bridgehead atoms. The number of hydrogen-bond acceptors (Lipinski definition) is 6. The van der Waals surface area contributed by atoms with Gasteiger partial charge in [0.1, 0.15) is 0 Å². The van der Waals surface area contributed by atoms with Gasteiger partial charge in [0.25, 0.3) is 0 Å². The number of hydrogen-bond donors (Lipinski definition) is 3. The number of rotatable bonds is 4. The summed E-state index contributed by atoms with van der Waals surface area (Å²) in [6.45, 7) is 0. The Bertz CT molecular complexity index is 186. The Labute approximate surface area is 61.5 Å². The number of phosphoric ester groups is 1. The summed E-state index contributed by atoms with van der Waals surface area (Å²) >= 11 is 0. The molecule has 0 aliphatic rings. The molecule has 0 spiro atoms. The van der Waals surface area contributed by atoms with Crippen molar-refractivity contribution in [3.8, 4) is 0 Å². The van der Waals surface area contributed by atoms with Gasteiger partial charge in [-0.25, -0.2) is 14.4 Å². The molecule has 0 aromatic carbocycles. The maximum absolute atomic E-state index is 10.3. The molecule has 0 saturated heterocycles. The van der Waals surface area contributed by atoms with E-state index in [9.17, 15) is 9.13 Å². The second-order valence-corrected chi connectivity index (χ2v) is 4.34. The molecule has 11 heavy (non-hydrogen) atoms. The molecule has 0 aromatic heterocycles. The van der Waals surface area contributed by atoms with E-state index in [0.29, 0.717) is 0 Å². The molecule has 0 aliphatic carbocycles. The van der Waals surface area contributed by atoms with Crippen molar-refractivity contribution in [2.75, 3.05) is 7.11 Å². The lowest BCUT2D eigenvalue weighted by Gasteiger charge is -2.10. The van der Waals surface area contributed by atoms with E-state index in [1.54, 1.807) is 0 Å². The summed E-state index contributed by atoms with van der Waals surface area (Å²) in [5.74, 6) is 0. The minimum absolute atomic E-state index is 0.776. The molecule has 0 heterocycles. The van der Waals surface area contributed by atoms with Crippen molar-refractivity contribution in [2.45, 2.75) is 0 Å². The van der Waals surface area contributed by atoms with Crippen LogP contribution in [-0.4, -0.2) is 22.2 Å². The van der Waals surface area contributed by atoms with Crippen LogP contribution in [-0.2, 0) is 22.6 Å². The van der Waals surface area contributed by atoms with Gasteiger partial charge in [-0.1, -0.05) is 0 Å². The van der Waals surface area contributed by atoms with Crippen LogP contribution in [0.4, 0.5) is 0 Å². The molecule has 0 rings (SSSR count). The van der Waals surface area contributed by atoms with Crippen LogP contribution in [0.3, 0.4) is 0 Å². The Morgan fingerprint density at radius 2 is 1.64 bits per heavy atom. The summed E-state index contributed by atoms with van der Waals surface area (Å²) < 4.78 is 30.6. The average Bonchev–Trinajstić information content (AvgIpc) is 1.86. The van der Waals surface area contributed by atoms with Gasteiger partial charge >= 0.3 is 15.6 Å². The fourth-order valence-electron chi connectivity index (χ4n) is 0.179. The molecule has 10 heteroatoms. The molecule has 68 valence electrons. The van der Waals surface area contributed by atoms with Crippen LogP contribution in [0.2, 0.25) is 0 Å². The highest BCUT2D eigenvalue weighted by atomic mass is 31.3. The van der Waals surface area contributed by atoms with E-state index in [1.807, 2.05) is 0 Å². The predicted molar refractivity (Wildman–Crippen MR) is 31.5 cm³/mol. The van der Waals surface area contributed by atoms with Crippen LogP contribution in [0.15, 0.2) is 0 Å². The maximum Gasteiger partial charge on any atom is 0.508 e. The van der Waals surface area contributed by atoms with Crippen molar-refractivity contribution in [1.82, 2.24) is 0 Å². The highest BCUT2D eigenvalue weighted by Crippen LogP contribution is 2.59. The van der Waals surface area contributed by atoms with Crippen LogP contribution >= 0.6 is 15.6 Å². The summed E-state index contributed by atoms with van der Waals surface area (Å²) in [5.41, 5.74) is 0. The number of phosphoric acid groups is 2. The fourth-order valence-corrected chi connectivity index (χ4v) is 1.61. The summed E-state index contributed by atoms with van der Waals surface area (Å²) in [5, 5.41) is 7.63. The molecular formula is CH6O8P2. The largest absolute Gasteiger partial charge is 0.508 e. The van der Waals surface area contributed by atoms with E-state index in [1.165, 1.54) is 0 Å². The molecule has 2 unspecified atom stereocenters. The van der Waals surface area contributed by atoms with E-state index in [2.05, 4.69) is 13.5 Å². The molecule has 8 nitrogen and oxygen atoms in total. The van der Waals surface area contributed by atoms with Gasteiger partial charge in [-0.15, -0.1) is 4.67 Å². The molecule has 2 atom stereocenters. The standard InChI is InChI=1S/CH6O8P2/c1-7-10(3,4)9-11(5,6)8-2/h2H,1H3,(H,3,4)(H,5,6). The Balaban J connectivity index is 4.26. The van der Waals surface area contributed by atoms with Crippen LogP contribution in [0.25, 0.3) is 0 Å². The Morgan fingerprint density at radius 3 is 1.91 bits per heavy atom. The van der Waals surface area contributed by atoms with Gasteiger partial charge in [-0.05, 0) is 0 Å². The molecule has 0 saturated carbocycles. The summed E-state index contributed by atoms with van der Waals surface area (Å²) in [6.07, 6.45) is 0. The van der Waals surface area contributed by atoms with Crippen molar-refractivity contribution in [3.05, 3.63) is 0 Å². The van der Waals surface area contributed by atoms with Gasteiger partial charge in [0, 0.05) is 7.11 Å². The van der Waals surface area contributed by atoms with E-state index in [4.69, 9.17) is 15.0 Å². The quantitative estimate of drug-likeness (QED) is 0.343. The highest BCUT2D eigenvalue weighted by molar-refractivity contribution is 7.61. The first-order valence-electron chi connectivity index (χ1n) is 2.09. The van der Waals surface area contributed by atoms with Gasteiger partial charge in [-0.2, -0.15) is 4.31 Å². The average molecular weight is 208 g/mol. The van der Waals surface area contributed by atoms with Crippen molar-refractivity contribution >= 4 is 15.6 Å². The third-order valence-corrected chi connectivity index (χ3v) is 2.86. The van der Waals surface area contributed by atoms with Crippen molar-refractivity contribution in [3.63, 3.8) is 0 Å². The zero-order valence-corrected chi connectivity index (χ0v) is 7.07. The Morgan fingerprint density at radius 1 is 1.18 bits per heavy atom. The van der Waals surface area contributed by atoms with Crippen LogP contribution in [0.1, 0.15) is 0 Å². The van der Waals surface area contributed by atoms with E-state index < -0.39 is 15.6 Å². The van der Waals surface area contributed by atoms with Crippen molar-refractivity contribution in [2.24, 2.45) is 0 Å². The smallest absolute Gasteiger partial charge is 0.302 e. The van der Waals surface area contributed by atoms with Crippen LogP contribution in [0.5, 0.6) is 0 Å². The fraction of sp³-hybridized carbons (Fsp3) is 1.00. The normalized spacial score (nSPS) is 22.2. The topological polar surface area (TPSA) is 123 Å². The molecule has 3 N–H and O–H groups in total. The van der Waals surface area contributed by atoms with E-state index in [0.717, 1.165) is 7.11 Å². The summed E-state index contributed by atoms with van der Waals surface area (Å²) in [4.78, 5) is 16.6. The highest BCUT2D eigenvalue weighted by Gasteiger charge is 2.34. The third kappa shape index (κ3) is 4.62. The third-order valence-electron chi connectivity index (χ3n) is 0.540. The zero-order valence-electron chi connectivity index (χ0n) is 5.28. The summed E-state index contributed by atoms with van der Waals surface area (Å²) in [7, 11) is -8.73. The van der Waals surface area contributed by atoms with E-state index >= 15 is 0 Å². The lowest BCUT2D eigenvalue weighted by Crippen LogP contribution is -1.91. The first-order chi connectivity index (χ1) is 4.83. The van der Waals surface area contributed by atoms with Crippen molar-refractivity contribution < 1.29 is 37.7 Å². The lowest BCUT2D eigenvalue weighted by molar-refractivity contribution is -0.157. The lowest BCUT2D eigenvalue weighted by atomic mass is 11.8. The van der Waals surface area contributed by atoms with Crippen LogP contribution < -0.4 is 0 Å². The molecular weight excluding hydrogens is 202 g/mol.